The summed E-state index contributed by atoms with van der Waals surface area (Å²) in [5.74, 6) is 0.230. The van der Waals surface area contributed by atoms with Crippen LogP contribution in [0.5, 0.6) is 5.88 Å². The van der Waals surface area contributed by atoms with E-state index in [0.717, 1.165) is 0 Å². The van der Waals surface area contributed by atoms with Crippen molar-refractivity contribution in [2.75, 3.05) is 13.1 Å². The van der Waals surface area contributed by atoms with Crippen molar-refractivity contribution < 1.29 is 13.2 Å². The Morgan fingerprint density at radius 2 is 2.05 bits per heavy atom. The van der Waals surface area contributed by atoms with Gasteiger partial charge < -0.3 is 4.74 Å². The summed E-state index contributed by atoms with van der Waals surface area (Å²) in [5, 5.41) is 8.97. The molecule has 0 spiro atoms. The third-order valence-corrected chi connectivity index (χ3v) is 5.07. The molecule has 0 radical (unpaired) electrons. The van der Waals surface area contributed by atoms with Crippen molar-refractivity contribution in [1.29, 1.82) is 5.26 Å². The van der Waals surface area contributed by atoms with E-state index in [1.165, 1.54) is 29.0 Å². The molecule has 0 unspecified atom stereocenters. The number of ether oxygens (including phenoxy) is 1. The lowest BCUT2D eigenvalue weighted by molar-refractivity contribution is 0.0718. The predicted molar refractivity (Wildman–Crippen MR) is 76.4 cm³/mol. The molecule has 1 aliphatic heterocycles. The molecule has 3 heterocycles. The minimum absolute atomic E-state index is 0.156. The molecule has 1 saturated heterocycles. The first kappa shape index (κ1) is 14.4. The van der Waals surface area contributed by atoms with E-state index in [2.05, 4.69) is 9.97 Å². The highest BCUT2D eigenvalue weighted by molar-refractivity contribution is 7.89. The van der Waals surface area contributed by atoms with Gasteiger partial charge in [-0.3, -0.25) is 4.98 Å². The van der Waals surface area contributed by atoms with Gasteiger partial charge in [-0.1, -0.05) is 0 Å². The lowest BCUT2D eigenvalue weighted by Gasteiger charge is -2.37. The van der Waals surface area contributed by atoms with Crippen molar-refractivity contribution in [3.8, 4) is 11.9 Å². The van der Waals surface area contributed by atoms with E-state index in [0.29, 0.717) is 5.56 Å². The van der Waals surface area contributed by atoms with Gasteiger partial charge in [-0.15, -0.1) is 0 Å². The highest BCUT2D eigenvalue weighted by Gasteiger charge is 2.38. The Balaban J connectivity index is 1.67. The van der Waals surface area contributed by atoms with Gasteiger partial charge in [0.15, 0.2) is 0 Å². The van der Waals surface area contributed by atoms with Crippen LogP contribution >= 0.6 is 0 Å². The third kappa shape index (κ3) is 2.64. The number of rotatable bonds is 4. The van der Waals surface area contributed by atoms with E-state index < -0.39 is 10.0 Å². The van der Waals surface area contributed by atoms with Gasteiger partial charge in [0.1, 0.15) is 22.6 Å². The minimum Gasteiger partial charge on any atom is -0.471 e. The number of aromatic nitrogens is 2. The van der Waals surface area contributed by atoms with E-state index in [4.69, 9.17) is 10.00 Å². The Hall–Kier alpha value is -2.50. The van der Waals surface area contributed by atoms with Gasteiger partial charge in [0.25, 0.3) is 0 Å². The number of hydrogen-bond donors (Lipinski definition) is 0. The largest absolute Gasteiger partial charge is 0.471 e. The molecule has 0 aromatic carbocycles. The second kappa shape index (κ2) is 5.71. The molecule has 7 nitrogen and oxygen atoms in total. The van der Waals surface area contributed by atoms with E-state index >= 15 is 0 Å². The van der Waals surface area contributed by atoms with Crippen molar-refractivity contribution >= 4 is 10.0 Å². The summed E-state index contributed by atoms with van der Waals surface area (Å²) < 4.78 is 31.5. The fourth-order valence-corrected chi connectivity index (χ4v) is 3.52. The predicted octanol–water partition coefficient (Wildman–Crippen LogP) is 0.800. The average Bonchev–Trinajstić information content (AvgIpc) is 2.51. The van der Waals surface area contributed by atoms with Crippen LogP contribution in [0.3, 0.4) is 0 Å². The molecule has 0 N–H and O–H groups in total. The van der Waals surface area contributed by atoms with Gasteiger partial charge in [0.2, 0.25) is 15.9 Å². The molecule has 0 aliphatic carbocycles. The van der Waals surface area contributed by atoms with Gasteiger partial charge in [0, 0.05) is 18.6 Å². The highest BCUT2D eigenvalue weighted by Crippen LogP contribution is 2.24. The van der Waals surface area contributed by atoms with Crippen molar-refractivity contribution in [2.45, 2.75) is 11.0 Å². The smallest absolute Gasteiger partial charge is 0.244 e. The first-order valence-electron chi connectivity index (χ1n) is 6.53. The van der Waals surface area contributed by atoms with Crippen LogP contribution < -0.4 is 4.74 Å². The van der Waals surface area contributed by atoms with Gasteiger partial charge in [-0.2, -0.15) is 9.57 Å². The molecule has 3 rings (SSSR count). The van der Waals surface area contributed by atoms with Crippen molar-refractivity contribution in [3.63, 3.8) is 0 Å². The third-order valence-electron chi connectivity index (χ3n) is 3.26. The van der Waals surface area contributed by atoms with Crippen LogP contribution in [-0.4, -0.2) is 41.9 Å². The van der Waals surface area contributed by atoms with Gasteiger partial charge >= 0.3 is 0 Å². The maximum absolute atomic E-state index is 12.3. The molecule has 22 heavy (non-hydrogen) atoms. The zero-order chi connectivity index (χ0) is 15.6. The quantitative estimate of drug-likeness (QED) is 0.828. The molecule has 2 aromatic rings. The number of nitriles is 1. The van der Waals surface area contributed by atoms with Crippen LogP contribution in [0, 0.1) is 11.3 Å². The van der Waals surface area contributed by atoms with Crippen LogP contribution in [0.25, 0.3) is 0 Å². The summed E-state index contributed by atoms with van der Waals surface area (Å²) in [5.41, 5.74) is 0.330. The molecule has 1 fully saturated rings. The van der Waals surface area contributed by atoms with Crippen molar-refractivity contribution in [3.05, 3.63) is 48.4 Å². The lowest BCUT2D eigenvalue weighted by Crippen LogP contribution is -2.56. The summed E-state index contributed by atoms with van der Waals surface area (Å²) >= 11 is 0. The molecular weight excluding hydrogens is 304 g/mol. The number of nitrogens with zero attached hydrogens (tertiary/aromatic N) is 4. The maximum Gasteiger partial charge on any atom is 0.244 e. The number of sulfonamides is 1. The summed E-state index contributed by atoms with van der Waals surface area (Å²) in [6, 6.07) is 8.32. The molecule has 0 bridgehead atoms. The SMILES string of the molecule is N#Cc1cccnc1OC1CN(S(=O)(=O)c2cccnc2)C1. The summed E-state index contributed by atoms with van der Waals surface area (Å²) in [4.78, 5) is 7.97. The average molecular weight is 316 g/mol. The number of pyridine rings is 2. The normalized spacial score (nSPS) is 15.8. The molecule has 0 saturated carbocycles. The summed E-state index contributed by atoms with van der Waals surface area (Å²) in [6.45, 7) is 0.442. The van der Waals surface area contributed by atoms with E-state index in [1.807, 2.05) is 6.07 Å². The van der Waals surface area contributed by atoms with E-state index in [1.54, 1.807) is 18.2 Å². The van der Waals surface area contributed by atoms with E-state index in [9.17, 15) is 8.42 Å². The molecule has 8 heteroatoms. The Labute approximate surface area is 127 Å². The van der Waals surface area contributed by atoms with Crippen LogP contribution in [-0.2, 0) is 10.0 Å². The summed E-state index contributed by atoms with van der Waals surface area (Å²) in [6.07, 6.45) is 4.05. The van der Waals surface area contributed by atoms with Gasteiger partial charge in [-0.05, 0) is 24.3 Å². The zero-order valence-electron chi connectivity index (χ0n) is 11.5. The highest BCUT2D eigenvalue weighted by atomic mass is 32.2. The van der Waals surface area contributed by atoms with Crippen LogP contribution in [0.1, 0.15) is 5.56 Å². The van der Waals surface area contributed by atoms with Gasteiger partial charge in [-0.25, -0.2) is 13.4 Å². The fraction of sp³-hybridized carbons (Fsp3) is 0.214. The molecular formula is C14H12N4O3S. The van der Waals surface area contributed by atoms with Gasteiger partial charge in [0.05, 0.1) is 13.1 Å². The Morgan fingerprint density at radius 1 is 1.27 bits per heavy atom. The standard InChI is InChI=1S/C14H12N4O3S/c15-7-11-3-1-6-17-14(11)21-12-9-18(10-12)22(19,20)13-4-2-5-16-8-13/h1-6,8,12H,9-10H2. The van der Waals surface area contributed by atoms with Crippen LogP contribution in [0.15, 0.2) is 47.8 Å². The van der Waals surface area contributed by atoms with E-state index in [-0.39, 0.29) is 30.0 Å². The fourth-order valence-electron chi connectivity index (χ4n) is 2.05. The maximum atomic E-state index is 12.3. The molecule has 1 aliphatic rings. The first-order chi connectivity index (χ1) is 10.6. The monoisotopic (exact) mass is 316 g/mol. The first-order valence-corrected chi connectivity index (χ1v) is 7.97. The Bertz CT molecular complexity index is 811. The molecule has 0 amide bonds. The second-order valence-corrected chi connectivity index (χ2v) is 6.66. The minimum atomic E-state index is -3.54. The van der Waals surface area contributed by atoms with Crippen LogP contribution in [0.4, 0.5) is 0 Å². The molecule has 112 valence electrons. The van der Waals surface area contributed by atoms with Crippen LogP contribution in [0.2, 0.25) is 0 Å². The zero-order valence-corrected chi connectivity index (χ0v) is 12.3. The van der Waals surface area contributed by atoms with Crippen molar-refractivity contribution in [1.82, 2.24) is 14.3 Å². The summed E-state index contributed by atoms with van der Waals surface area (Å²) in [7, 11) is -3.54. The molecule has 2 aromatic heterocycles. The Morgan fingerprint density at radius 3 is 2.73 bits per heavy atom. The topological polar surface area (TPSA) is 96.2 Å². The number of hydrogen-bond acceptors (Lipinski definition) is 6. The lowest BCUT2D eigenvalue weighted by atomic mass is 10.2. The Kier molecular flexibility index (Phi) is 3.75. The van der Waals surface area contributed by atoms with Crippen molar-refractivity contribution in [2.24, 2.45) is 0 Å². The molecule has 0 atom stereocenters. The second-order valence-electron chi connectivity index (χ2n) is 4.72.